The Morgan fingerprint density at radius 2 is 1.75 bits per heavy atom. The molecule has 0 heterocycles. The van der Waals surface area contributed by atoms with Gasteiger partial charge in [-0.15, -0.1) is 13.2 Å². The number of halogens is 3. The molecule has 2 aromatic rings. The Bertz CT molecular complexity index is 927. The second kappa shape index (κ2) is 8.61. The molecule has 0 bridgehead atoms. The monoisotopic (exact) mass is 416 g/mol. The molecule has 0 unspecified atom stereocenters. The van der Waals surface area contributed by atoms with E-state index in [0.717, 1.165) is 12.1 Å². The number of hydrogen-bond donors (Lipinski definition) is 2. The van der Waals surface area contributed by atoms with E-state index in [0.29, 0.717) is 5.56 Å². The first kappa shape index (κ1) is 21.7. The molecule has 0 aliphatic heterocycles. The molecule has 0 fully saturated rings. The lowest BCUT2D eigenvalue weighted by Crippen LogP contribution is -2.30. The Kier molecular flexibility index (Phi) is 6.68. The number of rotatable bonds is 7. The molecule has 0 saturated carbocycles. The van der Waals surface area contributed by atoms with Gasteiger partial charge in [-0.2, -0.15) is 0 Å². The van der Waals surface area contributed by atoms with Crippen LogP contribution >= 0.6 is 0 Å². The first-order valence-corrected chi connectivity index (χ1v) is 9.70. The number of benzene rings is 2. The van der Waals surface area contributed by atoms with Gasteiger partial charge >= 0.3 is 6.36 Å². The summed E-state index contributed by atoms with van der Waals surface area (Å²) in [5.74, 6) is -0.879. The van der Waals surface area contributed by atoms with Crippen LogP contribution in [0, 0.1) is 0 Å². The number of hydrogen-bond acceptors (Lipinski definition) is 4. The summed E-state index contributed by atoms with van der Waals surface area (Å²) in [5, 5.41) is 2.59. The van der Waals surface area contributed by atoms with Gasteiger partial charge in [-0.05, 0) is 49.7 Å². The summed E-state index contributed by atoms with van der Waals surface area (Å²) in [5.41, 5.74) is 0.691. The average Bonchev–Trinajstić information content (AvgIpc) is 2.58. The van der Waals surface area contributed by atoms with Crippen molar-refractivity contribution in [1.82, 2.24) is 10.0 Å². The number of carbonyl (C=O) groups is 1. The number of carbonyl (C=O) groups excluding carboxylic acids is 1. The van der Waals surface area contributed by atoms with E-state index in [9.17, 15) is 26.4 Å². The van der Waals surface area contributed by atoms with Crippen molar-refractivity contribution < 1.29 is 31.1 Å². The first-order valence-electron chi connectivity index (χ1n) is 8.21. The van der Waals surface area contributed by atoms with Crippen LogP contribution in [0.2, 0.25) is 0 Å². The van der Waals surface area contributed by atoms with Crippen LogP contribution in [0.25, 0.3) is 0 Å². The summed E-state index contributed by atoms with van der Waals surface area (Å²) in [4.78, 5) is 12.2. The van der Waals surface area contributed by atoms with Crippen molar-refractivity contribution in [2.45, 2.75) is 37.7 Å². The average molecular weight is 416 g/mol. The molecule has 0 saturated heterocycles. The minimum absolute atomic E-state index is 0.0393. The lowest BCUT2D eigenvalue weighted by Gasteiger charge is -2.11. The van der Waals surface area contributed by atoms with Gasteiger partial charge < -0.3 is 10.1 Å². The Morgan fingerprint density at radius 1 is 1.11 bits per heavy atom. The lowest BCUT2D eigenvalue weighted by atomic mass is 10.2. The van der Waals surface area contributed by atoms with E-state index in [-0.39, 0.29) is 28.8 Å². The van der Waals surface area contributed by atoms with Crippen molar-refractivity contribution >= 4 is 15.9 Å². The maximum Gasteiger partial charge on any atom is 0.573 e. The van der Waals surface area contributed by atoms with Crippen molar-refractivity contribution in [3.8, 4) is 5.75 Å². The second-order valence-corrected chi connectivity index (χ2v) is 7.89. The minimum atomic E-state index is -4.77. The molecule has 1 amide bonds. The first-order chi connectivity index (χ1) is 13.0. The van der Waals surface area contributed by atoms with Gasteiger partial charge in [0.05, 0.1) is 4.90 Å². The standard InChI is InChI=1S/C18H19F3N2O4S/c1-12(2)23-28(25,26)16-5-3-4-14(10-16)17(24)22-11-13-6-8-15(9-7-13)27-18(19,20)21/h3-10,12,23H,11H2,1-2H3,(H,22,24). The third kappa shape index (κ3) is 6.54. The number of ether oxygens (including phenoxy) is 1. The smallest absolute Gasteiger partial charge is 0.406 e. The molecule has 6 nitrogen and oxygen atoms in total. The largest absolute Gasteiger partial charge is 0.573 e. The minimum Gasteiger partial charge on any atom is -0.406 e. The Hall–Kier alpha value is -2.59. The van der Waals surface area contributed by atoms with Gasteiger partial charge in [-0.3, -0.25) is 4.79 Å². The van der Waals surface area contributed by atoms with Crippen LogP contribution in [0.1, 0.15) is 29.8 Å². The maximum absolute atomic E-state index is 12.3. The van der Waals surface area contributed by atoms with E-state index in [1.807, 2.05) is 0 Å². The van der Waals surface area contributed by atoms with Gasteiger partial charge in [0.2, 0.25) is 10.0 Å². The van der Waals surface area contributed by atoms with Gasteiger partial charge in [0.1, 0.15) is 5.75 Å². The summed E-state index contributed by atoms with van der Waals surface area (Å²) in [6.45, 7) is 3.41. The Labute approximate surface area is 160 Å². The van der Waals surface area contributed by atoms with Crippen molar-refractivity contribution in [3.63, 3.8) is 0 Å². The molecule has 2 rings (SSSR count). The highest BCUT2D eigenvalue weighted by Crippen LogP contribution is 2.22. The van der Waals surface area contributed by atoms with E-state index >= 15 is 0 Å². The molecule has 10 heteroatoms. The Balaban J connectivity index is 2.03. The molecule has 0 aliphatic rings. The second-order valence-electron chi connectivity index (χ2n) is 6.18. The van der Waals surface area contributed by atoms with Crippen molar-refractivity contribution in [2.75, 3.05) is 0 Å². The van der Waals surface area contributed by atoms with Crippen molar-refractivity contribution in [3.05, 3.63) is 59.7 Å². The topological polar surface area (TPSA) is 84.5 Å². The third-order valence-corrected chi connectivity index (χ3v) is 5.06. The maximum atomic E-state index is 12.3. The summed E-state index contributed by atoms with van der Waals surface area (Å²) < 4.78 is 67.0. The zero-order valence-corrected chi connectivity index (χ0v) is 15.9. The predicted molar refractivity (Wildman–Crippen MR) is 96.2 cm³/mol. The van der Waals surface area contributed by atoms with E-state index in [1.54, 1.807) is 13.8 Å². The van der Waals surface area contributed by atoms with Crippen LogP contribution < -0.4 is 14.8 Å². The van der Waals surface area contributed by atoms with Crippen LogP contribution in [0.15, 0.2) is 53.4 Å². The number of nitrogens with one attached hydrogen (secondary N) is 2. The fourth-order valence-corrected chi connectivity index (χ4v) is 3.57. The highest BCUT2D eigenvalue weighted by Gasteiger charge is 2.30. The molecule has 28 heavy (non-hydrogen) atoms. The molecule has 0 aliphatic carbocycles. The third-order valence-electron chi connectivity index (χ3n) is 3.41. The molecule has 2 aromatic carbocycles. The molecule has 0 spiro atoms. The fourth-order valence-electron chi connectivity index (χ4n) is 2.28. The molecule has 0 atom stereocenters. The van der Waals surface area contributed by atoms with E-state index < -0.39 is 22.3 Å². The summed E-state index contributed by atoms with van der Waals surface area (Å²) >= 11 is 0. The van der Waals surface area contributed by atoms with Gasteiger partial charge in [-0.25, -0.2) is 13.1 Å². The van der Waals surface area contributed by atoms with E-state index in [1.165, 1.54) is 36.4 Å². The summed E-state index contributed by atoms with van der Waals surface area (Å²) in [7, 11) is -3.74. The number of alkyl halides is 3. The summed E-state index contributed by atoms with van der Waals surface area (Å²) in [6.07, 6.45) is -4.77. The highest BCUT2D eigenvalue weighted by molar-refractivity contribution is 7.89. The van der Waals surface area contributed by atoms with Gasteiger partial charge in [0, 0.05) is 18.2 Å². The van der Waals surface area contributed by atoms with Crippen LogP contribution in [-0.4, -0.2) is 26.7 Å². The van der Waals surface area contributed by atoms with Gasteiger partial charge in [0.25, 0.3) is 5.91 Å². The van der Waals surface area contributed by atoms with E-state index in [4.69, 9.17) is 0 Å². The molecular weight excluding hydrogens is 397 g/mol. The van der Waals surface area contributed by atoms with Gasteiger partial charge in [-0.1, -0.05) is 18.2 Å². The molecule has 2 N–H and O–H groups in total. The van der Waals surface area contributed by atoms with Crippen LogP contribution in [0.3, 0.4) is 0 Å². The van der Waals surface area contributed by atoms with Gasteiger partial charge in [0.15, 0.2) is 0 Å². The van der Waals surface area contributed by atoms with Crippen molar-refractivity contribution in [1.29, 1.82) is 0 Å². The van der Waals surface area contributed by atoms with Crippen LogP contribution in [-0.2, 0) is 16.6 Å². The molecular formula is C18H19F3N2O4S. The van der Waals surface area contributed by atoms with Crippen LogP contribution in [0.4, 0.5) is 13.2 Å². The zero-order chi connectivity index (χ0) is 20.9. The highest BCUT2D eigenvalue weighted by atomic mass is 32.2. The predicted octanol–water partition coefficient (Wildman–Crippen LogP) is 3.20. The molecule has 0 aromatic heterocycles. The lowest BCUT2D eigenvalue weighted by molar-refractivity contribution is -0.274. The quantitative estimate of drug-likeness (QED) is 0.726. The number of sulfonamides is 1. The number of amides is 1. The zero-order valence-electron chi connectivity index (χ0n) is 15.1. The summed E-state index contributed by atoms with van der Waals surface area (Å²) in [6, 6.07) is 10.3. The van der Waals surface area contributed by atoms with E-state index in [2.05, 4.69) is 14.8 Å². The molecule has 0 radical (unpaired) electrons. The molecule has 152 valence electrons. The van der Waals surface area contributed by atoms with Crippen molar-refractivity contribution in [2.24, 2.45) is 0 Å². The normalized spacial score (nSPS) is 12.1. The fraction of sp³-hybridized carbons (Fsp3) is 0.278. The Morgan fingerprint density at radius 3 is 2.32 bits per heavy atom. The van der Waals surface area contributed by atoms with Crippen LogP contribution in [0.5, 0.6) is 5.75 Å². The SMILES string of the molecule is CC(C)NS(=O)(=O)c1cccc(C(=O)NCc2ccc(OC(F)(F)F)cc2)c1.